The van der Waals surface area contributed by atoms with Crippen LogP contribution in [0.2, 0.25) is 0 Å². The summed E-state index contributed by atoms with van der Waals surface area (Å²) in [6, 6.07) is 5.51. The number of hydrogen-bond acceptors (Lipinski definition) is 8. The lowest BCUT2D eigenvalue weighted by molar-refractivity contribution is 0.498. The van der Waals surface area contributed by atoms with Gasteiger partial charge < -0.3 is 18.6 Å². The Hall–Kier alpha value is -3.41. The van der Waals surface area contributed by atoms with Crippen molar-refractivity contribution in [2.75, 3.05) is 36.0 Å². The number of aromatic nitrogens is 3. The molecule has 4 heterocycles. The summed E-state index contributed by atoms with van der Waals surface area (Å²) in [5.74, 6) is 1.08. The van der Waals surface area contributed by atoms with Crippen molar-refractivity contribution in [3.63, 3.8) is 0 Å². The zero-order chi connectivity index (χ0) is 18.8. The molecule has 0 bridgehead atoms. The van der Waals surface area contributed by atoms with Gasteiger partial charge in [-0.2, -0.15) is 10.2 Å². The maximum atomic E-state index is 14.5. The van der Waals surface area contributed by atoms with Crippen LogP contribution < -0.4 is 9.80 Å². The molecule has 138 valence electrons. The van der Waals surface area contributed by atoms with Gasteiger partial charge in [0.25, 0.3) is 5.89 Å². The van der Waals surface area contributed by atoms with Gasteiger partial charge in [0.05, 0.1) is 12.0 Å². The topological polar surface area (TPSA) is 95.2 Å². The van der Waals surface area contributed by atoms with E-state index in [4.69, 9.17) is 8.83 Å². The molecule has 0 radical (unpaired) electrons. The van der Waals surface area contributed by atoms with E-state index >= 15 is 0 Å². The van der Waals surface area contributed by atoms with E-state index in [1.54, 1.807) is 12.1 Å². The first kappa shape index (κ1) is 17.0. The molecule has 0 aliphatic carbocycles. The molecule has 1 aliphatic rings. The predicted octanol–water partition coefficient (Wildman–Crippen LogP) is 2.62. The lowest BCUT2D eigenvalue weighted by atomic mass is 10.2. The molecule has 0 atom stereocenters. The van der Waals surface area contributed by atoms with E-state index in [9.17, 15) is 9.65 Å². The SMILES string of the molecule is CCc1ncnc(N2CCN(c3oc(-c4ccco4)nc3C#N)CC2)c1F. The summed E-state index contributed by atoms with van der Waals surface area (Å²) >= 11 is 0. The van der Waals surface area contributed by atoms with Crippen molar-refractivity contribution < 1.29 is 13.2 Å². The summed E-state index contributed by atoms with van der Waals surface area (Å²) in [4.78, 5) is 16.1. The largest absolute Gasteiger partial charge is 0.459 e. The van der Waals surface area contributed by atoms with Crippen molar-refractivity contribution in [3.05, 3.63) is 41.9 Å². The van der Waals surface area contributed by atoms with Crippen LogP contribution in [-0.4, -0.2) is 41.1 Å². The fraction of sp³-hybridized carbons (Fsp3) is 0.333. The van der Waals surface area contributed by atoms with E-state index in [1.807, 2.05) is 16.7 Å². The molecule has 0 amide bonds. The van der Waals surface area contributed by atoms with E-state index in [1.165, 1.54) is 12.6 Å². The Morgan fingerprint density at radius 3 is 2.67 bits per heavy atom. The number of oxazole rings is 1. The second-order valence-corrected chi connectivity index (χ2v) is 6.05. The highest BCUT2D eigenvalue weighted by Crippen LogP contribution is 2.30. The van der Waals surface area contributed by atoms with Crippen molar-refractivity contribution >= 4 is 11.7 Å². The van der Waals surface area contributed by atoms with Crippen molar-refractivity contribution in [2.45, 2.75) is 13.3 Å². The summed E-state index contributed by atoms with van der Waals surface area (Å²) in [6.45, 7) is 4.04. The Labute approximate surface area is 154 Å². The number of nitriles is 1. The fourth-order valence-corrected chi connectivity index (χ4v) is 3.09. The van der Waals surface area contributed by atoms with Gasteiger partial charge in [-0.25, -0.2) is 14.4 Å². The molecule has 0 N–H and O–H groups in total. The quantitative estimate of drug-likeness (QED) is 0.693. The molecule has 1 fully saturated rings. The van der Waals surface area contributed by atoms with Crippen molar-refractivity contribution in [1.29, 1.82) is 5.26 Å². The van der Waals surface area contributed by atoms with Crippen LogP contribution in [0.1, 0.15) is 18.3 Å². The van der Waals surface area contributed by atoms with Crippen LogP contribution in [0.4, 0.5) is 16.1 Å². The zero-order valence-corrected chi connectivity index (χ0v) is 14.7. The molecule has 1 saturated heterocycles. The number of piperazine rings is 1. The summed E-state index contributed by atoms with van der Waals surface area (Å²) in [5.41, 5.74) is 0.615. The van der Waals surface area contributed by atoms with Gasteiger partial charge in [0.15, 0.2) is 17.4 Å². The molecule has 0 spiro atoms. The Morgan fingerprint density at radius 1 is 1.22 bits per heavy atom. The van der Waals surface area contributed by atoms with Crippen molar-refractivity contribution in [3.8, 4) is 17.7 Å². The molecular weight excluding hydrogens is 351 g/mol. The maximum Gasteiger partial charge on any atom is 0.266 e. The van der Waals surface area contributed by atoms with Gasteiger partial charge in [0, 0.05) is 26.2 Å². The zero-order valence-electron chi connectivity index (χ0n) is 14.7. The van der Waals surface area contributed by atoms with Gasteiger partial charge in [0.1, 0.15) is 12.4 Å². The lowest BCUT2D eigenvalue weighted by Crippen LogP contribution is -2.47. The monoisotopic (exact) mass is 368 g/mol. The van der Waals surface area contributed by atoms with E-state index in [0.29, 0.717) is 55.8 Å². The number of halogens is 1. The predicted molar refractivity (Wildman–Crippen MR) is 94.7 cm³/mol. The summed E-state index contributed by atoms with van der Waals surface area (Å²) in [5, 5.41) is 9.38. The number of aryl methyl sites for hydroxylation is 1. The third-order valence-electron chi connectivity index (χ3n) is 4.49. The molecular formula is C18H17FN6O2. The maximum absolute atomic E-state index is 14.5. The molecule has 9 heteroatoms. The average molecular weight is 368 g/mol. The van der Waals surface area contributed by atoms with E-state index in [0.717, 1.165) is 0 Å². The number of rotatable bonds is 4. The van der Waals surface area contributed by atoms with Crippen molar-refractivity contribution in [2.24, 2.45) is 0 Å². The number of anilines is 2. The Kier molecular flexibility index (Phi) is 4.46. The molecule has 0 saturated carbocycles. The molecule has 27 heavy (non-hydrogen) atoms. The highest BCUT2D eigenvalue weighted by atomic mass is 19.1. The minimum absolute atomic E-state index is 0.205. The van der Waals surface area contributed by atoms with Crippen LogP contribution in [0, 0.1) is 17.1 Å². The normalized spacial score (nSPS) is 14.4. The minimum atomic E-state index is -0.370. The van der Waals surface area contributed by atoms with Crippen LogP contribution >= 0.6 is 0 Å². The highest BCUT2D eigenvalue weighted by molar-refractivity contribution is 5.56. The van der Waals surface area contributed by atoms with Gasteiger partial charge in [-0.1, -0.05) is 6.92 Å². The molecule has 3 aromatic heterocycles. The van der Waals surface area contributed by atoms with Gasteiger partial charge in [-0.3, -0.25) is 0 Å². The Balaban J connectivity index is 1.53. The average Bonchev–Trinajstić information content (AvgIpc) is 3.38. The smallest absolute Gasteiger partial charge is 0.266 e. The molecule has 4 rings (SSSR count). The Bertz CT molecular complexity index is 970. The first-order chi connectivity index (χ1) is 13.2. The van der Waals surface area contributed by atoms with Crippen LogP contribution in [0.3, 0.4) is 0 Å². The highest BCUT2D eigenvalue weighted by Gasteiger charge is 2.27. The van der Waals surface area contributed by atoms with Gasteiger partial charge in [0.2, 0.25) is 11.6 Å². The van der Waals surface area contributed by atoms with Crippen LogP contribution in [0.5, 0.6) is 0 Å². The second-order valence-electron chi connectivity index (χ2n) is 6.05. The lowest BCUT2D eigenvalue weighted by Gasteiger charge is -2.35. The molecule has 1 aliphatic heterocycles. The van der Waals surface area contributed by atoms with Gasteiger partial charge in [-0.05, 0) is 18.6 Å². The summed E-state index contributed by atoms with van der Waals surface area (Å²) in [6.07, 6.45) is 3.43. The van der Waals surface area contributed by atoms with Gasteiger partial charge in [-0.15, -0.1) is 0 Å². The Morgan fingerprint density at radius 2 is 2.00 bits per heavy atom. The first-order valence-corrected chi connectivity index (χ1v) is 8.65. The summed E-state index contributed by atoms with van der Waals surface area (Å²) < 4.78 is 25.5. The second kappa shape index (κ2) is 7.07. The van der Waals surface area contributed by atoms with Crippen LogP contribution in [-0.2, 0) is 6.42 Å². The van der Waals surface area contributed by atoms with E-state index in [-0.39, 0.29) is 17.4 Å². The minimum Gasteiger partial charge on any atom is -0.459 e. The van der Waals surface area contributed by atoms with E-state index < -0.39 is 0 Å². The van der Waals surface area contributed by atoms with Crippen LogP contribution in [0.25, 0.3) is 11.7 Å². The molecule has 3 aromatic rings. The standard InChI is InChI=1S/C18H17FN6O2/c1-2-12-15(19)16(22-11-21-12)24-5-7-25(8-6-24)18-13(10-20)23-17(27-18)14-4-3-9-26-14/h3-4,9,11H,2,5-8H2,1H3. The third kappa shape index (κ3) is 3.10. The number of nitrogens with zero attached hydrogens (tertiary/aromatic N) is 6. The fourth-order valence-electron chi connectivity index (χ4n) is 3.09. The number of furan rings is 1. The van der Waals surface area contributed by atoms with Gasteiger partial charge >= 0.3 is 0 Å². The molecule has 0 aromatic carbocycles. The van der Waals surface area contributed by atoms with Crippen molar-refractivity contribution in [1.82, 2.24) is 15.0 Å². The molecule has 0 unspecified atom stereocenters. The summed E-state index contributed by atoms with van der Waals surface area (Å²) in [7, 11) is 0. The van der Waals surface area contributed by atoms with Crippen LogP contribution in [0.15, 0.2) is 33.6 Å². The first-order valence-electron chi connectivity index (χ1n) is 8.65. The number of hydrogen-bond donors (Lipinski definition) is 0. The molecule has 8 nitrogen and oxygen atoms in total. The van der Waals surface area contributed by atoms with E-state index in [2.05, 4.69) is 21.0 Å². The third-order valence-corrected chi connectivity index (χ3v) is 4.49.